The van der Waals surface area contributed by atoms with E-state index in [1.807, 2.05) is 23.1 Å². The first-order valence-electron chi connectivity index (χ1n) is 11.8. The summed E-state index contributed by atoms with van der Waals surface area (Å²) < 4.78 is 33.9. The normalized spacial score (nSPS) is 14.9. The lowest BCUT2D eigenvalue weighted by Gasteiger charge is -2.38. The number of amides is 1. The van der Waals surface area contributed by atoms with E-state index in [2.05, 4.69) is 4.90 Å². The van der Waals surface area contributed by atoms with Crippen LogP contribution in [-0.4, -0.2) is 62.6 Å². The number of carbonyl (C=O) groups excluding carboxylic acids is 2. The molecule has 0 atom stereocenters. The van der Waals surface area contributed by atoms with E-state index in [1.165, 1.54) is 19.2 Å². The lowest BCUT2D eigenvalue weighted by atomic mass is 10.0. The van der Waals surface area contributed by atoms with Crippen molar-refractivity contribution in [3.8, 4) is 0 Å². The number of esters is 1. The molecule has 0 saturated carbocycles. The summed E-state index contributed by atoms with van der Waals surface area (Å²) in [5.41, 5.74) is 2.08. The van der Waals surface area contributed by atoms with Gasteiger partial charge in [-0.05, 0) is 66.9 Å². The lowest BCUT2D eigenvalue weighted by molar-refractivity contribution is 0.0522. The van der Waals surface area contributed by atoms with Gasteiger partial charge in [0.15, 0.2) is 9.84 Å². The molecule has 1 fully saturated rings. The standard InChI is InChI=1S/C27H30N2O6S/c1-34-27(31)22-7-5-20(6-8-22)18-28-15-13-23(14-16-28)29(19-24-4-3-17-35-24)26(30)21-9-11-25(12-10-21)36(2,32)33/h3-12,17,23H,13-16,18-19H2,1-2H3. The zero-order valence-corrected chi connectivity index (χ0v) is 21.2. The van der Waals surface area contributed by atoms with Gasteiger partial charge in [0.05, 0.1) is 30.4 Å². The van der Waals surface area contributed by atoms with Crippen LogP contribution in [0.2, 0.25) is 0 Å². The third-order valence-electron chi connectivity index (χ3n) is 6.48. The van der Waals surface area contributed by atoms with Crippen molar-refractivity contribution >= 4 is 21.7 Å². The van der Waals surface area contributed by atoms with E-state index in [1.54, 1.807) is 36.6 Å². The molecule has 0 radical (unpaired) electrons. The van der Waals surface area contributed by atoms with Crippen molar-refractivity contribution in [2.75, 3.05) is 26.5 Å². The second kappa shape index (κ2) is 11.1. The monoisotopic (exact) mass is 510 g/mol. The Bertz CT molecular complexity index is 1280. The molecule has 36 heavy (non-hydrogen) atoms. The van der Waals surface area contributed by atoms with Crippen LogP contribution in [-0.2, 0) is 27.7 Å². The van der Waals surface area contributed by atoms with Crippen LogP contribution in [0.1, 0.15) is 44.9 Å². The van der Waals surface area contributed by atoms with E-state index in [0.29, 0.717) is 23.4 Å². The molecule has 4 rings (SSSR count). The van der Waals surface area contributed by atoms with Crippen LogP contribution in [0.15, 0.2) is 76.2 Å². The number of furan rings is 1. The zero-order valence-electron chi connectivity index (χ0n) is 20.4. The molecule has 1 saturated heterocycles. The predicted molar refractivity (Wildman–Crippen MR) is 134 cm³/mol. The fraction of sp³-hybridized carbons (Fsp3) is 0.333. The third-order valence-corrected chi connectivity index (χ3v) is 7.60. The van der Waals surface area contributed by atoms with Gasteiger partial charge in [-0.15, -0.1) is 0 Å². The second-order valence-corrected chi connectivity index (χ2v) is 11.0. The molecule has 0 N–H and O–H groups in total. The van der Waals surface area contributed by atoms with E-state index < -0.39 is 9.84 Å². The van der Waals surface area contributed by atoms with Crippen molar-refractivity contribution in [2.24, 2.45) is 0 Å². The maximum absolute atomic E-state index is 13.5. The summed E-state index contributed by atoms with van der Waals surface area (Å²) in [7, 11) is -1.97. The van der Waals surface area contributed by atoms with Gasteiger partial charge in [-0.25, -0.2) is 13.2 Å². The highest BCUT2D eigenvalue weighted by atomic mass is 32.2. The van der Waals surface area contributed by atoms with Gasteiger partial charge in [-0.3, -0.25) is 9.69 Å². The van der Waals surface area contributed by atoms with Crippen LogP contribution in [0.3, 0.4) is 0 Å². The number of methoxy groups -OCH3 is 1. The summed E-state index contributed by atoms with van der Waals surface area (Å²) in [6.07, 6.45) is 4.34. The Morgan fingerprint density at radius 1 is 1.00 bits per heavy atom. The molecule has 0 aliphatic carbocycles. The van der Waals surface area contributed by atoms with Gasteiger partial charge in [-0.2, -0.15) is 0 Å². The number of sulfone groups is 1. The number of likely N-dealkylation sites (tertiary alicyclic amines) is 1. The molecule has 8 nitrogen and oxygen atoms in total. The Balaban J connectivity index is 1.43. The molecule has 1 aromatic heterocycles. The number of nitrogens with zero attached hydrogens (tertiary/aromatic N) is 2. The minimum Gasteiger partial charge on any atom is -0.467 e. The number of hydrogen-bond donors (Lipinski definition) is 0. The fourth-order valence-corrected chi connectivity index (χ4v) is 5.09. The minimum atomic E-state index is -3.34. The molecule has 2 heterocycles. The number of rotatable bonds is 8. The van der Waals surface area contributed by atoms with Crippen molar-refractivity contribution in [3.63, 3.8) is 0 Å². The van der Waals surface area contributed by atoms with Crippen LogP contribution in [0, 0.1) is 0 Å². The quantitative estimate of drug-likeness (QED) is 0.426. The van der Waals surface area contributed by atoms with Gasteiger partial charge in [0.2, 0.25) is 0 Å². The van der Waals surface area contributed by atoms with Crippen molar-refractivity contribution in [1.82, 2.24) is 9.80 Å². The molecule has 1 aliphatic heterocycles. The van der Waals surface area contributed by atoms with Gasteiger partial charge >= 0.3 is 5.97 Å². The first kappa shape index (κ1) is 25.7. The van der Waals surface area contributed by atoms with E-state index in [4.69, 9.17) is 9.15 Å². The maximum Gasteiger partial charge on any atom is 0.337 e. The SMILES string of the molecule is COC(=O)c1ccc(CN2CCC(N(Cc3ccco3)C(=O)c3ccc(S(C)(=O)=O)cc3)CC2)cc1. The van der Waals surface area contributed by atoms with E-state index in [9.17, 15) is 18.0 Å². The highest BCUT2D eigenvalue weighted by Gasteiger charge is 2.29. The molecule has 0 bridgehead atoms. The lowest BCUT2D eigenvalue weighted by Crippen LogP contribution is -2.46. The summed E-state index contributed by atoms with van der Waals surface area (Å²) in [4.78, 5) is 29.5. The molecule has 1 amide bonds. The Morgan fingerprint density at radius 2 is 1.64 bits per heavy atom. The average Bonchev–Trinajstić information content (AvgIpc) is 3.40. The number of piperidine rings is 1. The molecular formula is C27H30N2O6S. The van der Waals surface area contributed by atoms with Crippen LogP contribution in [0.4, 0.5) is 0 Å². The zero-order chi connectivity index (χ0) is 25.7. The summed E-state index contributed by atoms with van der Waals surface area (Å²) in [5, 5.41) is 0. The summed E-state index contributed by atoms with van der Waals surface area (Å²) in [5.74, 6) is 0.196. The Hall–Kier alpha value is -3.43. The molecule has 2 aromatic carbocycles. The first-order chi connectivity index (χ1) is 17.2. The van der Waals surface area contributed by atoms with Gasteiger partial charge in [-0.1, -0.05) is 12.1 Å². The highest BCUT2D eigenvalue weighted by molar-refractivity contribution is 7.90. The number of benzene rings is 2. The minimum absolute atomic E-state index is 0.0233. The van der Waals surface area contributed by atoms with Crippen LogP contribution in [0.5, 0.6) is 0 Å². The van der Waals surface area contributed by atoms with Crippen LogP contribution >= 0.6 is 0 Å². The van der Waals surface area contributed by atoms with Crippen molar-refractivity contribution < 1.29 is 27.2 Å². The largest absolute Gasteiger partial charge is 0.467 e. The van der Waals surface area contributed by atoms with Gasteiger partial charge in [0, 0.05) is 37.5 Å². The fourth-order valence-electron chi connectivity index (χ4n) is 4.46. The smallest absolute Gasteiger partial charge is 0.337 e. The van der Waals surface area contributed by atoms with Crippen molar-refractivity contribution in [2.45, 2.75) is 36.9 Å². The van der Waals surface area contributed by atoms with Gasteiger partial charge in [0.25, 0.3) is 5.91 Å². The molecule has 0 spiro atoms. The van der Waals surface area contributed by atoms with Gasteiger partial charge < -0.3 is 14.1 Å². The Morgan fingerprint density at radius 3 is 2.19 bits per heavy atom. The number of hydrogen-bond acceptors (Lipinski definition) is 7. The van der Waals surface area contributed by atoms with E-state index in [0.717, 1.165) is 44.3 Å². The van der Waals surface area contributed by atoms with Gasteiger partial charge in [0.1, 0.15) is 5.76 Å². The van der Waals surface area contributed by atoms with Crippen molar-refractivity contribution in [3.05, 3.63) is 89.4 Å². The van der Waals surface area contributed by atoms with Crippen LogP contribution < -0.4 is 0 Å². The van der Waals surface area contributed by atoms with Crippen LogP contribution in [0.25, 0.3) is 0 Å². The second-order valence-electron chi connectivity index (χ2n) is 9.00. The molecular weight excluding hydrogens is 480 g/mol. The maximum atomic E-state index is 13.5. The molecule has 0 unspecified atom stereocenters. The Kier molecular flexibility index (Phi) is 7.91. The molecule has 3 aromatic rings. The Labute approximate surface area is 211 Å². The molecule has 9 heteroatoms. The summed E-state index contributed by atoms with van der Waals surface area (Å²) in [6, 6.07) is 17.2. The number of ether oxygens (including phenoxy) is 1. The molecule has 1 aliphatic rings. The summed E-state index contributed by atoms with van der Waals surface area (Å²) >= 11 is 0. The van der Waals surface area contributed by atoms with E-state index >= 15 is 0 Å². The van der Waals surface area contributed by atoms with E-state index in [-0.39, 0.29) is 22.8 Å². The molecule has 190 valence electrons. The first-order valence-corrected chi connectivity index (χ1v) is 13.7. The number of carbonyl (C=O) groups is 2. The predicted octanol–water partition coefficient (Wildman–Crippen LogP) is 3.78. The average molecular weight is 511 g/mol. The summed E-state index contributed by atoms with van der Waals surface area (Å²) in [6.45, 7) is 2.74. The highest BCUT2D eigenvalue weighted by Crippen LogP contribution is 2.24. The van der Waals surface area contributed by atoms with Crippen molar-refractivity contribution in [1.29, 1.82) is 0 Å². The third kappa shape index (κ3) is 6.22. The topological polar surface area (TPSA) is 97.1 Å².